The Morgan fingerprint density at radius 1 is 1.31 bits per heavy atom. The van der Waals surface area contributed by atoms with Gasteiger partial charge in [-0.15, -0.1) is 11.3 Å². The van der Waals surface area contributed by atoms with Crippen LogP contribution in [0.15, 0.2) is 46.7 Å². The van der Waals surface area contributed by atoms with Crippen molar-refractivity contribution in [3.63, 3.8) is 0 Å². The molecule has 1 saturated heterocycles. The number of benzene rings is 1. The summed E-state index contributed by atoms with van der Waals surface area (Å²) in [6.07, 6.45) is 2.21. The van der Waals surface area contributed by atoms with Crippen molar-refractivity contribution in [1.82, 2.24) is 4.31 Å². The number of thiophene rings is 1. The van der Waals surface area contributed by atoms with Crippen LogP contribution in [0.4, 0.5) is 5.69 Å². The molecule has 6 nitrogen and oxygen atoms in total. The molecule has 1 aromatic carbocycles. The molecule has 2 heterocycles. The van der Waals surface area contributed by atoms with Crippen LogP contribution < -0.4 is 10.2 Å². The number of nitrogens with one attached hydrogen (secondary N) is 2. The van der Waals surface area contributed by atoms with E-state index in [0.29, 0.717) is 18.3 Å². The second-order valence-corrected chi connectivity index (χ2v) is 9.79. The standard InChI is InChI=1S/C18H23N3O3S2/c1-20(2)26(23,24)15-7-3-6-14(12-15)19-18(22)13-21-10-4-8-16(21)17-9-5-11-25-17/h3,5-7,9,11-12,16H,4,8,10,13H2,1-2H3,(H,19,22)/p+1/t16-/m0/s1. The molecule has 1 aliphatic rings. The quantitative estimate of drug-likeness (QED) is 0.777. The first-order chi connectivity index (χ1) is 12.4. The first kappa shape index (κ1) is 19.0. The lowest BCUT2D eigenvalue weighted by Crippen LogP contribution is -3.11. The molecule has 1 unspecified atom stereocenters. The van der Waals surface area contributed by atoms with Gasteiger partial charge in [-0.1, -0.05) is 12.1 Å². The lowest BCUT2D eigenvalue weighted by molar-refractivity contribution is -0.910. The van der Waals surface area contributed by atoms with Crippen molar-refractivity contribution < 1.29 is 18.1 Å². The third-order valence-electron chi connectivity index (χ3n) is 4.65. The molecule has 1 fully saturated rings. The number of hydrogen-bond acceptors (Lipinski definition) is 4. The number of rotatable bonds is 6. The van der Waals surface area contributed by atoms with Gasteiger partial charge in [0.15, 0.2) is 6.54 Å². The number of likely N-dealkylation sites (tertiary alicyclic amines) is 1. The third kappa shape index (κ3) is 4.15. The molecule has 0 saturated carbocycles. The summed E-state index contributed by atoms with van der Waals surface area (Å²) in [5, 5.41) is 4.92. The highest BCUT2D eigenvalue weighted by Crippen LogP contribution is 2.23. The molecule has 8 heteroatoms. The van der Waals surface area contributed by atoms with Crippen LogP contribution in [-0.4, -0.2) is 45.8 Å². The summed E-state index contributed by atoms with van der Waals surface area (Å²) < 4.78 is 25.6. The van der Waals surface area contributed by atoms with Gasteiger partial charge in [-0.2, -0.15) is 0 Å². The largest absolute Gasteiger partial charge is 0.321 e. The topological polar surface area (TPSA) is 70.9 Å². The van der Waals surface area contributed by atoms with Gasteiger partial charge in [0.1, 0.15) is 6.04 Å². The zero-order valence-corrected chi connectivity index (χ0v) is 16.6. The monoisotopic (exact) mass is 394 g/mol. The molecule has 26 heavy (non-hydrogen) atoms. The molecule has 1 aromatic heterocycles. The second-order valence-electron chi connectivity index (χ2n) is 6.66. The van der Waals surface area contributed by atoms with E-state index in [9.17, 15) is 13.2 Å². The average molecular weight is 395 g/mol. The fourth-order valence-corrected chi connectivity index (χ4v) is 5.18. The second kappa shape index (κ2) is 7.87. The van der Waals surface area contributed by atoms with Gasteiger partial charge >= 0.3 is 0 Å². The number of anilines is 1. The van der Waals surface area contributed by atoms with Crippen LogP contribution in [0.2, 0.25) is 0 Å². The zero-order valence-electron chi connectivity index (χ0n) is 14.9. The van der Waals surface area contributed by atoms with E-state index in [1.807, 2.05) is 6.07 Å². The molecule has 1 amide bonds. The molecule has 2 aromatic rings. The predicted molar refractivity (Wildman–Crippen MR) is 103 cm³/mol. The lowest BCUT2D eigenvalue weighted by Gasteiger charge is -2.20. The minimum absolute atomic E-state index is 0.0946. The summed E-state index contributed by atoms with van der Waals surface area (Å²) in [7, 11) is -0.541. The van der Waals surface area contributed by atoms with Crippen molar-refractivity contribution >= 4 is 33.0 Å². The molecular formula is C18H24N3O3S2+. The SMILES string of the molecule is CN(C)S(=O)(=O)c1cccc(NC(=O)C[NH+]2CCC[C@H]2c2cccs2)c1. The van der Waals surface area contributed by atoms with E-state index in [2.05, 4.69) is 16.8 Å². The van der Waals surface area contributed by atoms with Crippen molar-refractivity contribution in [2.45, 2.75) is 23.8 Å². The molecule has 0 spiro atoms. The summed E-state index contributed by atoms with van der Waals surface area (Å²) in [5.74, 6) is -0.0946. The van der Waals surface area contributed by atoms with Gasteiger partial charge < -0.3 is 10.2 Å². The number of amides is 1. The fourth-order valence-electron chi connectivity index (χ4n) is 3.31. The van der Waals surface area contributed by atoms with Crippen LogP contribution in [0, 0.1) is 0 Å². The number of carbonyl (C=O) groups excluding carboxylic acids is 1. The van der Waals surface area contributed by atoms with E-state index < -0.39 is 10.0 Å². The van der Waals surface area contributed by atoms with E-state index in [1.165, 1.54) is 36.0 Å². The number of quaternary nitrogens is 1. The van der Waals surface area contributed by atoms with E-state index in [4.69, 9.17) is 0 Å². The Morgan fingerprint density at radius 2 is 2.12 bits per heavy atom. The van der Waals surface area contributed by atoms with Gasteiger partial charge in [-0.05, 0) is 29.6 Å². The summed E-state index contributed by atoms with van der Waals surface area (Å²) in [6.45, 7) is 1.36. The molecule has 1 aliphatic heterocycles. The van der Waals surface area contributed by atoms with Crippen molar-refractivity contribution in [2.24, 2.45) is 0 Å². The van der Waals surface area contributed by atoms with E-state index in [0.717, 1.165) is 23.7 Å². The maximum absolute atomic E-state index is 12.5. The molecule has 0 aliphatic carbocycles. The number of hydrogen-bond donors (Lipinski definition) is 2. The molecule has 0 bridgehead atoms. The van der Waals surface area contributed by atoms with Crippen molar-refractivity contribution in [3.05, 3.63) is 46.7 Å². The van der Waals surface area contributed by atoms with Gasteiger partial charge in [0.2, 0.25) is 10.0 Å². The summed E-state index contributed by atoms with van der Waals surface area (Å²) >= 11 is 1.74. The van der Waals surface area contributed by atoms with Crippen molar-refractivity contribution in [1.29, 1.82) is 0 Å². The Hall–Kier alpha value is -1.74. The number of sulfonamides is 1. The predicted octanol–water partition coefficient (Wildman–Crippen LogP) is 1.36. The first-order valence-corrected chi connectivity index (χ1v) is 10.9. The molecule has 0 radical (unpaired) electrons. The van der Waals surface area contributed by atoms with E-state index in [-0.39, 0.29) is 10.8 Å². The molecule has 140 valence electrons. The Balaban J connectivity index is 1.67. The van der Waals surface area contributed by atoms with Gasteiger partial charge in [0.25, 0.3) is 5.91 Å². The molecule has 2 atom stereocenters. The Bertz CT molecular complexity index is 864. The Morgan fingerprint density at radius 3 is 2.81 bits per heavy atom. The van der Waals surface area contributed by atoms with Crippen molar-refractivity contribution in [3.8, 4) is 0 Å². The fraction of sp³-hybridized carbons (Fsp3) is 0.389. The van der Waals surface area contributed by atoms with Crippen LogP contribution in [0.25, 0.3) is 0 Å². The highest BCUT2D eigenvalue weighted by molar-refractivity contribution is 7.89. The zero-order chi connectivity index (χ0) is 18.7. The minimum atomic E-state index is -3.52. The van der Waals surface area contributed by atoms with Crippen molar-refractivity contribution in [2.75, 3.05) is 32.5 Å². The van der Waals surface area contributed by atoms with E-state index in [1.54, 1.807) is 23.5 Å². The summed E-state index contributed by atoms with van der Waals surface area (Å²) in [4.78, 5) is 15.3. The molecule has 3 rings (SSSR count). The third-order valence-corrected chi connectivity index (χ3v) is 7.45. The van der Waals surface area contributed by atoms with Gasteiger partial charge in [-0.3, -0.25) is 4.79 Å². The smallest absolute Gasteiger partial charge is 0.279 e. The number of nitrogens with zero attached hydrogens (tertiary/aromatic N) is 1. The minimum Gasteiger partial charge on any atom is -0.321 e. The average Bonchev–Trinajstić information content (AvgIpc) is 3.26. The normalized spacial score (nSPS) is 20.4. The molecule has 2 N–H and O–H groups in total. The Labute approximate surface area is 158 Å². The van der Waals surface area contributed by atoms with Crippen LogP contribution in [0.5, 0.6) is 0 Å². The first-order valence-electron chi connectivity index (χ1n) is 8.58. The van der Waals surface area contributed by atoms with Gasteiger partial charge in [0, 0.05) is 32.6 Å². The lowest BCUT2D eigenvalue weighted by atomic mass is 10.2. The molecular weight excluding hydrogens is 370 g/mol. The van der Waals surface area contributed by atoms with Crippen LogP contribution in [0.3, 0.4) is 0 Å². The summed E-state index contributed by atoms with van der Waals surface area (Å²) in [6, 6.07) is 10.9. The van der Waals surface area contributed by atoms with E-state index >= 15 is 0 Å². The Kier molecular flexibility index (Phi) is 5.76. The van der Waals surface area contributed by atoms with Crippen LogP contribution in [-0.2, 0) is 14.8 Å². The summed E-state index contributed by atoms with van der Waals surface area (Å²) in [5.41, 5.74) is 0.504. The maximum Gasteiger partial charge on any atom is 0.279 e. The maximum atomic E-state index is 12.5. The highest BCUT2D eigenvalue weighted by Gasteiger charge is 2.32. The number of carbonyl (C=O) groups is 1. The highest BCUT2D eigenvalue weighted by atomic mass is 32.2. The van der Waals surface area contributed by atoms with Gasteiger partial charge in [0.05, 0.1) is 16.3 Å². The van der Waals surface area contributed by atoms with Crippen LogP contribution in [0.1, 0.15) is 23.8 Å². The van der Waals surface area contributed by atoms with Crippen LogP contribution >= 0.6 is 11.3 Å². The van der Waals surface area contributed by atoms with Gasteiger partial charge in [-0.25, -0.2) is 12.7 Å².